The number of hydrogen-bond acceptors (Lipinski definition) is 5. The van der Waals surface area contributed by atoms with E-state index in [0.717, 1.165) is 6.20 Å². The highest BCUT2D eigenvalue weighted by atomic mass is 19.4. The molecule has 0 bridgehead atoms. The Balaban J connectivity index is 1.80. The Bertz CT molecular complexity index is 1070. The van der Waals surface area contributed by atoms with Gasteiger partial charge in [0.05, 0.1) is 18.5 Å². The van der Waals surface area contributed by atoms with E-state index in [2.05, 4.69) is 10.4 Å². The molecule has 2 amide bonds. The molecule has 1 N–H and O–H groups in total. The fraction of sp³-hybridized carbons (Fsp3) is 0.478. The van der Waals surface area contributed by atoms with Crippen LogP contribution in [0.5, 0.6) is 0 Å². The highest BCUT2D eigenvalue weighted by Crippen LogP contribution is 2.34. The van der Waals surface area contributed by atoms with E-state index in [4.69, 9.17) is 4.74 Å². The lowest BCUT2D eigenvalue weighted by Crippen LogP contribution is -2.47. The number of esters is 1. The van der Waals surface area contributed by atoms with Gasteiger partial charge < -0.3 is 15.0 Å². The third-order valence-electron chi connectivity index (χ3n) is 5.37. The van der Waals surface area contributed by atoms with Crippen LogP contribution in [0.3, 0.4) is 0 Å². The molecule has 11 heteroatoms. The SMILES string of the molecule is CCOC(=O)c1cnn(-c2ccc(NC(=O)C3CCCN3C(=O)C(C)(C)C)cc2)c1C(F)(F)F. The van der Waals surface area contributed by atoms with Gasteiger partial charge in [0.2, 0.25) is 11.8 Å². The molecule has 1 saturated heterocycles. The first-order valence-electron chi connectivity index (χ1n) is 10.9. The number of benzene rings is 1. The number of halogens is 3. The molecular weight excluding hydrogens is 453 g/mol. The molecule has 34 heavy (non-hydrogen) atoms. The van der Waals surface area contributed by atoms with Gasteiger partial charge in [-0.15, -0.1) is 0 Å². The molecule has 0 saturated carbocycles. The second-order valence-corrected chi connectivity index (χ2v) is 8.98. The molecular formula is C23H27F3N4O4. The monoisotopic (exact) mass is 480 g/mol. The molecule has 1 aromatic heterocycles. The first-order chi connectivity index (χ1) is 15.8. The molecule has 1 unspecified atom stereocenters. The molecule has 1 fully saturated rings. The van der Waals surface area contributed by atoms with Gasteiger partial charge in [-0.2, -0.15) is 18.3 Å². The van der Waals surface area contributed by atoms with E-state index in [1.807, 2.05) is 0 Å². The number of rotatable bonds is 5. The molecule has 1 aromatic carbocycles. The standard InChI is InChI=1S/C23H27F3N4O4/c1-5-34-20(32)16-13-27-30(18(16)23(24,25)26)15-10-8-14(9-11-15)28-19(31)17-7-6-12-29(17)21(33)22(2,3)4/h8-11,13,17H,5-7,12H2,1-4H3,(H,28,31). The summed E-state index contributed by atoms with van der Waals surface area (Å²) in [5.41, 5.74) is -2.14. The Morgan fingerprint density at radius 3 is 2.35 bits per heavy atom. The normalized spacial score (nSPS) is 16.4. The van der Waals surface area contributed by atoms with Gasteiger partial charge in [0.1, 0.15) is 11.6 Å². The van der Waals surface area contributed by atoms with Gasteiger partial charge >= 0.3 is 12.1 Å². The topological polar surface area (TPSA) is 93.5 Å². The zero-order valence-electron chi connectivity index (χ0n) is 19.4. The Kier molecular flexibility index (Phi) is 7.04. The predicted molar refractivity (Wildman–Crippen MR) is 117 cm³/mol. The number of carbonyl (C=O) groups excluding carboxylic acids is 3. The predicted octanol–water partition coefficient (Wildman–Crippen LogP) is 4.04. The molecule has 3 rings (SSSR count). The number of amides is 2. The second kappa shape index (κ2) is 9.47. The van der Waals surface area contributed by atoms with Crippen molar-refractivity contribution < 1.29 is 32.3 Å². The summed E-state index contributed by atoms with van der Waals surface area (Å²) in [5.74, 6) is -1.59. The number of likely N-dealkylation sites (tertiary alicyclic amines) is 1. The maximum atomic E-state index is 13.7. The average Bonchev–Trinajstić information content (AvgIpc) is 3.40. The van der Waals surface area contributed by atoms with Crippen LogP contribution in [-0.2, 0) is 20.5 Å². The van der Waals surface area contributed by atoms with Crippen molar-refractivity contribution in [2.24, 2.45) is 5.41 Å². The number of hydrogen-bond donors (Lipinski definition) is 1. The van der Waals surface area contributed by atoms with Crippen LogP contribution in [0.2, 0.25) is 0 Å². The summed E-state index contributed by atoms with van der Waals surface area (Å²) in [6.07, 6.45) is -2.79. The maximum Gasteiger partial charge on any atom is 0.434 e. The van der Waals surface area contributed by atoms with Crippen molar-refractivity contribution in [1.29, 1.82) is 0 Å². The summed E-state index contributed by atoms with van der Waals surface area (Å²) >= 11 is 0. The van der Waals surface area contributed by atoms with Crippen molar-refractivity contribution in [3.63, 3.8) is 0 Å². The van der Waals surface area contributed by atoms with Crippen molar-refractivity contribution in [2.45, 2.75) is 52.8 Å². The summed E-state index contributed by atoms with van der Waals surface area (Å²) in [5, 5.41) is 6.45. The van der Waals surface area contributed by atoms with E-state index in [0.29, 0.717) is 29.8 Å². The van der Waals surface area contributed by atoms with Crippen LogP contribution in [0.25, 0.3) is 5.69 Å². The number of aromatic nitrogens is 2. The second-order valence-electron chi connectivity index (χ2n) is 8.98. The van der Waals surface area contributed by atoms with Crippen LogP contribution in [-0.4, -0.2) is 51.7 Å². The number of anilines is 1. The van der Waals surface area contributed by atoms with E-state index < -0.39 is 34.9 Å². The van der Waals surface area contributed by atoms with Gasteiger partial charge in [-0.25, -0.2) is 9.48 Å². The van der Waals surface area contributed by atoms with Crippen molar-refractivity contribution >= 4 is 23.5 Å². The first kappa shape index (κ1) is 25.3. The van der Waals surface area contributed by atoms with E-state index in [1.54, 1.807) is 25.7 Å². The zero-order valence-corrected chi connectivity index (χ0v) is 19.4. The summed E-state index contributed by atoms with van der Waals surface area (Å²) < 4.78 is 46.4. The van der Waals surface area contributed by atoms with E-state index in [9.17, 15) is 27.6 Å². The van der Waals surface area contributed by atoms with Gasteiger partial charge in [-0.3, -0.25) is 9.59 Å². The number of ether oxygens (including phenoxy) is 1. The van der Waals surface area contributed by atoms with Crippen LogP contribution >= 0.6 is 0 Å². The highest BCUT2D eigenvalue weighted by Gasteiger charge is 2.41. The van der Waals surface area contributed by atoms with E-state index in [1.165, 1.54) is 31.2 Å². The fourth-order valence-electron chi connectivity index (χ4n) is 3.80. The average molecular weight is 480 g/mol. The Hall–Kier alpha value is -3.37. The molecule has 0 aliphatic carbocycles. The van der Waals surface area contributed by atoms with Gasteiger partial charge in [0.15, 0.2) is 5.69 Å². The number of nitrogens with zero attached hydrogens (tertiary/aromatic N) is 3. The van der Waals surface area contributed by atoms with Gasteiger partial charge in [0, 0.05) is 17.6 Å². The van der Waals surface area contributed by atoms with Crippen molar-refractivity contribution in [2.75, 3.05) is 18.5 Å². The number of carbonyl (C=O) groups is 3. The van der Waals surface area contributed by atoms with Gasteiger partial charge in [0.25, 0.3) is 0 Å². The Morgan fingerprint density at radius 2 is 1.79 bits per heavy atom. The lowest BCUT2D eigenvalue weighted by atomic mass is 9.94. The molecule has 2 heterocycles. The lowest BCUT2D eigenvalue weighted by molar-refractivity contribution is -0.143. The quantitative estimate of drug-likeness (QED) is 0.652. The van der Waals surface area contributed by atoms with Crippen molar-refractivity contribution in [1.82, 2.24) is 14.7 Å². The molecule has 184 valence electrons. The summed E-state index contributed by atoms with van der Waals surface area (Å²) in [6, 6.07) is 4.95. The Labute approximate surface area is 195 Å². The summed E-state index contributed by atoms with van der Waals surface area (Å²) in [6.45, 7) is 7.29. The van der Waals surface area contributed by atoms with Crippen LogP contribution in [0.1, 0.15) is 56.6 Å². The van der Waals surface area contributed by atoms with E-state index in [-0.39, 0.29) is 24.1 Å². The number of nitrogens with one attached hydrogen (secondary N) is 1. The minimum absolute atomic E-state index is 0.0475. The summed E-state index contributed by atoms with van der Waals surface area (Å²) in [4.78, 5) is 39.0. The highest BCUT2D eigenvalue weighted by molar-refractivity contribution is 5.98. The summed E-state index contributed by atoms with van der Waals surface area (Å²) in [7, 11) is 0. The minimum atomic E-state index is -4.85. The van der Waals surface area contributed by atoms with Crippen molar-refractivity contribution in [3.05, 3.63) is 41.7 Å². The minimum Gasteiger partial charge on any atom is -0.462 e. The van der Waals surface area contributed by atoms with Crippen molar-refractivity contribution in [3.8, 4) is 5.69 Å². The molecule has 1 aliphatic heterocycles. The maximum absolute atomic E-state index is 13.7. The smallest absolute Gasteiger partial charge is 0.434 e. The third kappa shape index (κ3) is 5.23. The van der Waals surface area contributed by atoms with Gasteiger partial charge in [-0.05, 0) is 44.0 Å². The zero-order chi connectivity index (χ0) is 25.3. The lowest BCUT2D eigenvalue weighted by Gasteiger charge is -2.30. The molecule has 0 spiro atoms. The first-order valence-corrected chi connectivity index (χ1v) is 10.9. The van der Waals surface area contributed by atoms with Crippen LogP contribution in [0.15, 0.2) is 30.5 Å². The van der Waals surface area contributed by atoms with Crippen LogP contribution in [0.4, 0.5) is 18.9 Å². The molecule has 2 aromatic rings. The molecule has 0 radical (unpaired) electrons. The molecule has 8 nitrogen and oxygen atoms in total. The third-order valence-corrected chi connectivity index (χ3v) is 5.37. The largest absolute Gasteiger partial charge is 0.462 e. The van der Waals surface area contributed by atoms with Gasteiger partial charge in [-0.1, -0.05) is 20.8 Å². The fourth-order valence-corrected chi connectivity index (χ4v) is 3.80. The van der Waals surface area contributed by atoms with Crippen LogP contribution in [0, 0.1) is 5.41 Å². The number of alkyl halides is 3. The molecule has 1 aliphatic rings. The molecule has 1 atom stereocenters. The Morgan fingerprint density at radius 1 is 1.15 bits per heavy atom. The van der Waals surface area contributed by atoms with Crippen LogP contribution < -0.4 is 5.32 Å². The van der Waals surface area contributed by atoms with E-state index >= 15 is 0 Å².